The van der Waals surface area contributed by atoms with Crippen molar-refractivity contribution in [3.63, 3.8) is 0 Å². The summed E-state index contributed by atoms with van der Waals surface area (Å²) in [6.45, 7) is 5.29. The monoisotopic (exact) mass is 339 g/mol. The highest BCUT2D eigenvalue weighted by atomic mass is 35.5. The van der Waals surface area contributed by atoms with Crippen molar-refractivity contribution in [3.05, 3.63) is 23.2 Å². The van der Waals surface area contributed by atoms with Gasteiger partial charge in [0, 0.05) is 18.1 Å². The lowest BCUT2D eigenvalue weighted by atomic mass is 9.99. The Morgan fingerprint density at radius 1 is 1.52 bits per heavy atom. The molecule has 1 heterocycles. The lowest BCUT2D eigenvalue weighted by Crippen LogP contribution is -2.58. The van der Waals surface area contributed by atoms with Crippen molar-refractivity contribution in [2.75, 3.05) is 32.1 Å². The average Bonchev–Trinajstić information content (AvgIpc) is 2.47. The van der Waals surface area contributed by atoms with Gasteiger partial charge in [-0.2, -0.15) is 0 Å². The molecule has 1 aliphatic rings. The van der Waals surface area contributed by atoms with Crippen LogP contribution in [0.1, 0.15) is 13.8 Å². The van der Waals surface area contributed by atoms with Crippen molar-refractivity contribution in [2.45, 2.75) is 19.9 Å². The molecule has 0 aliphatic carbocycles. The maximum absolute atomic E-state index is 12.4. The molecule has 0 aromatic heterocycles. The van der Waals surface area contributed by atoms with E-state index < -0.39 is 0 Å². The maximum Gasteiger partial charge on any atom is 0.238 e. The molecule has 1 fully saturated rings. The molecule has 1 atom stereocenters. The van der Waals surface area contributed by atoms with E-state index in [9.17, 15) is 9.59 Å². The van der Waals surface area contributed by atoms with Crippen LogP contribution in [-0.2, 0) is 9.59 Å². The summed E-state index contributed by atoms with van der Waals surface area (Å²) in [5.74, 6) is 0.439. The van der Waals surface area contributed by atoms with E-state index in [1.54, 1.807) is 18.2 Å². The van der Waals surface area contributed by atoms with Crippen LogP contribution in [0.15, 0.2) is 18.2 Å². The molecule has 6 nitrogen and oxygen atoms in total. The highest BCUT2D eigenvalue weighted by Crippen LogP contribution is 2.27. The zero-order chi connectivity index (χ0) is 17.0. The summed E-state index contributed by atoms with van der Waals surface area (Å²) in [4.78, 5) is 26.3. The quantitative estimate of drug-likeness (QED) is 0.857. The number of nitrogens with one attached hydrogen (secondary N) is 2. The number of rotatable bonds is 5. The molecule has 1 aromatic rings. The fourth-order valence-electron chi connectivity index (χ4n) is 2.79. The number of nitrogens with zero attached hydrogens (tertiary/aromatic N) is 1. The Balaban J connectivity index is 2.07. The second-order valence-corrected chi connectivity index (χ2v) is 6.28. The number of carbonyl (C=O) groups is 2. The lowest BCUT2D eigenvalue weighted by Gasteiger charge is -2.36. The average molecular weight is 340 g/mol. The fraction of sp³-hybridized carbons (Fsp3) is 0.500. The Bertz CT molecular complexity index is 592. The van der Waals surface area contributed by atoms with E-state index in [1.165, 1.54) is 7.11 Å². The van der Waals surface area contributed by atoms with Crippen LogP contribution in [0.4, 0.5) is 5.69 Å². The van der Waals surface area contributed by atoms with Crippen molar-refractivity contribution < 1.29 is 14.3 Å². The Hall–Kier alpha value is -1.79. The van der Waals surface area contributed by atoms with Crippen LogP contribution in [0.2, 0.25) is 5.02 Å². The molecule has 2 N–H and O–H groups in total. The Morgan fingerprint density at radius 2 is 2.26 bits per heavy atom. The summed E-state index contributed by atoms with van der Waals surface area (Å²) in [5.41, 5.74) is 0.521. The van der Waals surface area contributed by atoms with Gasteiger partial charge in [-0.1, -0.05) is 25.4 Å². The van der Waals surface area contributed by atoms with Gasteiger partial charge < -0.3 is 15.4 Å². The van der Waals surface area contributed by atoms with Crippen LogP contribution < -0.4 is 15.4 Å². The first kappa shape index (κ1) is 17.6. The van der Waals surface area contributed by atoms with E-state index >= 15 is 0 Å². The van der Waals surface area contributed by atoms with Gasteiger partial charge in [0.05, 0.1) is 25.4 Å². The molecule has 0 spiro atoms. The van der Waals surface area contributed by atoms with Gasteiger partial charge in [0.2, 0.25) is 11.8 Å². The summed E-state index contributed by atoms with van der Waals surface area (Å²) < 4.78 is 5.22. The number of amides is 2. The van der Waals surface area contributed by atoms with E-state index in [0.717, 1.165) is 0 Å². The van der Waals surface area contributed by atoms with Gasteiger partial charge >= 0.3 is 0 Å². The third-order valence-electron chi connectivity index (χ3n) is 3.77. The molecular weight excluding hydrogens is 318 g/mol. The SMILES string of the molecule is COc1ccc(Cl)cc1NC(=O)CN1CCNC(=O)C1C(C)C. The van der Waals surface area contributed by atoms with E-state index in [1.807, 2.05) is 18.7 Å². The smallest absolute Gasteiger partial charge is 0.238 e. The van der Waals surface area contributed by atoms with Crippen molar-refractivity contribution in [2.24, 2.45) is 5.92 Å². The maximum atomic E-state index is 12.4. The van der Waals surface area contributed by atoms with Crippen molar-refractivity contribution in [3.8, 4) is 5.75 Å². The van der Waals surface area contributed by atoms with Gasteiger partial charge in [0.15, 0.2) is 0 Å². The lowest BCUT2D eigenvalue weighted by molar-refractivity contribution is -0.132. The van der Waals surface area contributed by atoms with Gasteiger partial charge in [-0.15, -0.1) is 0 Å². The van der Waals surface area contributed by atoms with Gasteiger partial charge in [-0.3, -0.25) is 14.5 Å². The molecule has 7 heteroatoms. The van der Waals surface area contributed by atoms with Crippen LogP contribution in [-0.4, -0.2) is 49.5 Å². The number of ether oxygens (including phenoxy) is 1. The summed E-state index contributed by atoms with van der Waals surface area (Å²) in [6, 6.07) is 4.74. The molecule has 0 saturated carbocycles. The summed E-state index contributed by atoms with van der Waals surface area (Å²) in [7, 11) is 1.53. The first-order valence-electron chi connectivity index (χ1n) is 7.57. The number of piperazine rings is 1. The minimum atomic E-state index is -0.296. The van der Waals surface area contributed by atoms with Crippen molar-refractivity contribution in [1.29, 1.82) is 0 Å². The summed E-state index contributed by atoms with van der Waals surface area (Å²) in [5, 5.41) is 6.16. The number of hydrogen-bond acceptors (Lipinski definition) is 4. The number of methoxy groups -OCH3 is 1. The second kappa shape index (κ2) is 7.66. The molecule has 1 unspecified atom stereocenters. The first-order valence-corrected chi connectivity index (χ1v) is 7.95. The topological polar surface area (TPSA) is 70.7 Å². The minimum absolute atomic E-state index is 0.0283. The van der Waals surface area contributed by atoms with E-state index in [-0.39, 0.29) is 30.3 Å². The number of hydrogen-bond donors (Lipinski definition) is 2. The molecule has 23 heavy (non-hydrogen) atoms. The van der Waals surface area contributed by atoms with E-state index in [0.29, 0.717) is 29.5 Å². The van der Waals surface area contributed by atoms with Crippen LogP contribution in [0.25, 0.3) is 0 Å². The standard InChI is InChI=1S/C16H22ClN3O3/c1-10(2)15-16(22)18-6-7-20(15)9-14(21)19-12-8-11(17)4-5-13(12)23-3/h4-5,8,10,15H,6-7,9H2,1-3H3,(H,18,22)(H,19,21). The molecule has 1 aliphatic heterocycles. The number of anilines is 1. The largest absolute Gasteiger partial charge is 0.495 e. The van der Waals surface area contributed by atoms with Crippen LogP contribution in [0, 0.1) is 5.92 Å². The highest BCUT2D eigenvalue weighted by Gasteiger charge is 2.33. The molecule has 2 rings (SSSR count). The fourth-order valence-corrected chi connectivity index (χ4v) is 2.96. The Morgan fingerprint density at radius 3 is 2.91 bits per heavy atom. The Kier molecular flexibility index (Phi) is 5.85. The third-order valence-corrected chi connectivity index (χ3v) is 4.01. The zero-order valence-electron chi connectivity index (χ0n) is 13.6. The zero-order valence-corrected chi connectivity index (χ0v) is 14.3. The van der Waals surface area contributed by atoms with Crippen molar-refractivity contribution in [1.82, 2.24) is 10.2 Å². The third kappa shape index (κ3) is 4.36. The number of benzene rings is 1. The van der Waals surface area contributed by atoms with E-state index in [2.05, 4.69) is 10.6 Å². The molecule has 0 bridgehead atoms. The molecule has 2 amide bonds. The van der Waals surface area contributed by atoms with Gasteiger partial charge in [-0.05, 0) is 24.1 Å². The van der Waals surface area contributed by atoms with Gasteiger partial charge in [0.25, 0.3) is 0 Å². The first-order chi connectivity index (χ1) is 10.9. The highest BCUT2D eigenvalue weighted by molar-refractivity contribution is 6.31. The predicted octanol–water partition coefficient (Wildman–Crippen LogP) is 1.74. The molecule has 0 radical (unpaired) electrons. The normalized spacial score (nSPS) is 18.7. The molecule has 1 saturated heterocycles. The van der Waals surface area contributed by atoms with Crippen LogP contribution in [0.5, 0.6) is 5.75 Å². The van der Waals surface area contributed by atoms with Crippen LogP contribution >= 0.6 is 11.6 Å². The van der Waals surface area contributed by atoms with E-state index in [4.69, 9.17) is 16.3 Å². The molecule has 126 valence electrons. The van der Waals surface area contributed by atoms with Gasteiger partial charge in [-0.25, -0.2) is 0 Å². The molecular formula is C16H22ClN3O3. The van der Waals surface area contributed by atoms with Crippen LogP contribution in [0.3, 0.4) is 0 Å². The van der Waals surface area contributed by atoms with Gasteiger partial charge in [0.1, 0.15) is 5.75 Å². The predicted molar refractivity (Wildman–Crippen MR) is 89.8 cm³/mol. The number of halogens is 1. The summed E-state index contributed by atoms with van der Waals surface area (Å²) >= 11 is 5.96. The summed E-state index contributed by atoms with van der Waals surface area (Å²) in [6.07, 6.45) is 0. The second-order valence-electron chi connectivity index (χ2n) is 5.84. The molecule has 1 aromatic carbocycles. The number of carbonyl (C=O) groups excluding carboxylic acids is 2. The Labute approximate surface area is 141 Å². The minimum Gasteiger partial charge on any atom is -0.495 e. The van der Waals surface area contributed by atoms with Crippen molar-refractivity contribution >= 4 is 29.1 Å².